The fourth-order valence-electron chi connectivity index (χ4n) is 1.98. The number of amides is 1. The van der Waals surface area contributed by atoms with Gasteiger partial charge in [0.1, 0.15) is 10.9 Å². The lowest BCUT2D eigenvalue weighted by Crippen LogP contribution is -2.43. The number of carbonyl (C=O) groups is 1. The minimum Gasteiger partial charge on any atom is -0.368 e. The number of carbonyl (C=O) groups excluding carboxylic acids is 1. The molecule has 0 aromatic carbocycles. The zero-order chi connectivity index (χ0) is 12.6. The fraction of sp³-hybridized carbons (Fsp3) is 0.556. The zero-order valence-electron chi connectivity index (χ0n) is 9.41. The number of hydrogen-bond acceptors (Lipinski definition) is 4. The van der Waals surface area contributed by atoms with Gasteiger partial charge in [0.15, 0.2) is 0 Å². The summed E-state index contributed by atoms with van der Waals surface area (Å²) < 4.78 is 27.0. The lowest BCUT2D eigenvalue weighted by Gasteiger charge is -2.20. The Hall–Kier alpha value is -1.41. The Morgan fingerprint density at radius 1 is 1.59 bits per heavy atom. The summed E-state index contributed by atoms with van der Waals surface area (Å²) in [4.78, 5) is 11.3. The highest BCUT2D eigenvalue weighted by molar-refractivity contribution is 7.89. The summed E-state index contributed by atoms with van der Waals surface area (Å²) in [5.74, 6) is -0.602. The van der Waals surface area contributed by atoms with Crippen LogP contribution in [-0.4, -0.2) is 41.0 Å². The number of aryl methyl sites for hydroxylation is 1. The lowest BCUT2D eigenvalue weighted by atomic mass is 10.2. The van der Waals surface area contributed by atoms with Gasteiger partial charge in [-0.3, -0.25) is 9.48 Å². The van der Waals surface area contributed by atoms with Gasteiger partial charge in [0.2, 0.25) is 15.9 Å². The Kier molecular flexibility index (Phi) is 2.92. The Morgan fingerprint density at radius 3 is 2.82 bits per heavy atom. The molecule has 1 fully saturated rings. The molecule has 2 heterocycles. The van der Waals surface area contributed by atoms with Crippen molar-refractivity contribution in [3.05, 3.63) is 12.4 Å². The van der Waals surface area contributed by atoms with Crippen LogP contribution in [0.5, 0.6) is 0 Å². The van der Waals surface area contributed by atoms with Crippen molar-refractivity contribution in [1.29, 1.82) is 0 Å². The quantitative estimate of drug-likeness (QED) is 0.756. The molecule has 1 aliphatic rings. The van der Waals surface area contributed by atoms with Gasteiger partial charge >= 0.3 is 0 Å². The van der Waals surface area contributed by atoms with Crippen molar-refractivity contribution in [3.63, 3.8) is 0 Å². The molecule has 1 saturated heterocycles. The molecule has 1 amide bonds. The van der Waals surface area contributed by atoms with Crippen LogP contribution < -0.4 is 5.73 Å². The normalized spacial score (nSPS) is 21.8. The number of nitrogens with zero attached hydrogens (tertiary/aromatic N) is 3. The van der Waals surface area contributed by atoms with Crippen LogP contribution in [0.25, 0.3) is 0 Å². The molecular weight excluding hydrogens is 244 g/mol. The fourth-order valence-corrected chi connectivity index (χ4v) is 3.63. The summed E-state index contributed by atoms with van der Waals surface area (Å²) in [6, 6.07) is -0.736. The largest absolute Gasteiger partial charge is 0.368 e. The second-order valence-electron chi connectivity index (χ2n) is 4.03. The highest BCUT2D eigenvalue weighted by atomic mass is 32.2. The van der Waals surface area contributed by atoms with Gasteiger partial charge in [-0.25, -0.2) is 8.42 Å². The Bertz CT molecular complexity index is 536. The van der Waals surface area contributed by atoms with E-state index in [1.54, 1.807) is 7.05 Å². The van der Waals surface area contributed by atoms with Crippen LogP contribution >= 0.6 is 0 Å². The molecular formula is C9H14N4O3S. The van der Waals surface area contributed by atoms with Gasteiger partial charge in [-0.05, 0) is 12.8 Å². The average Bonchev–Trinajstić information content (AvgIpc) is 2.84. The first-order valence-electron chi connectivity index (χ1n) is 5.23. The van der Waals surface area contributed by atoms with Gasteiger partial charge in [0, 0.05) is 19.8 Å². The van der Waals surface area contributed by atoms with Crippen molar-refractivity contribution < 1.29 is 13.2 Å². The summed E-state index contributed by atoms with van der Waals surface area (Å²) in [6.07, 6.45) is 3.80. The second-order valence-corrected chi connectivity index (χ2v) is 5.92. The van der Waals surface area contributed by atoms with Gasteiger partial charge in [0.05, 0.1) is 6.20 Å². The van der Waals surface area contributed by atoms with E-state index in [9.17, 15) is 13.2 Å². The molecule has 1 aromatic rings. The second kappa shape index (κ2) is 4.11. The van der Waals surface area contributed by atoms with E-state index >= 15 is 0 Å². The molecule has 17 heavy (non-hydrogen) atoms. The molecule has 0 unspecified atom stereocenters. The van der Waals surface area contributed by atoms with Crippen LogP contribution in [0.2, 0.25) is 0 Å². The minimum absolute atomic E-state index is 0.0909. The third-order valence-electron chi connectivity index (χ3n) is 2.82. The standard InChI is InChI=1S/C9H14N4O3S/c1-12-6-7(5-11-12)17(15,16)13-4-2-3-8(13)9(10)14/h5-6,8H,2-4H2,1H3,(H2,10,14)/t8-/m1/s1. The first kappa shape index (κ1) is 12.1. The van der Waals surface area contributed by atoms with Crippen molar-refractivity contribution in [3.8, 4) is 0 Å². The summed E-state index contributed by atoms with van der Waals surface area (Å²) in [5, 5.41) is 3.82. The summed E-state index contributed by atoms with van der Waals surface area (Å²) in [5.41, 5.74) is 5.20. The van der Waals surface area contributed by atoms with Crippen LogP contribution in [0.1, 0.15) is 12.8 Å². The molecule has 1 aliphatic heterocycles. The van der Waals surface area contributed by atoms with Gasteiger partial charge < -0.3 is 5.73 Å². The van der Waals surface area contributed by atoms with Crippen molar-refractivity contribution in [2.24, 2.45) is 12.8 Å². The molecule has 2 rings (SSSR count). The molecule has 7 nitrogen and oxygen atoms in total. The Balaban J connectivity index is 2.36. The first-order chi connectivity index (χ1) is 7.93. The maximum atomic E-state index is 12.2. The summed E-state index contributed by atoms with van der Waals surface area (Å²) >= 11 is 0. The molecule has 2 N–H and O–H groups in total. The van der Waals surface area contributed by atoms with E-state index in [0.717, 1.165) is 4.31 Å². The smallest absolute Gasteiger partial charge is 0.246 e. The van der Waals surface area contributed by atoms with Crippen LogP contribution in [0.3, 0.4) is 0 Å². The summed E-state index contributed by atoms with van der Waals surface area (Å²) in [6.45, 7) is 0.324. The van der Waals surface area contributed by atoms with Crippen LogP contribution in [0.15, 0.2) is 17.3 Å². The minimum atomic E-state index is -3.66. The van der Waals surface area contributed by atoms with E-state index in [-0.39, 0.29) is 4.90 Å². The maximum absolute atomic E-state index is 12.2. The molecule has 0 aliphatic carbocycles. The van der Waals surface area contributed by atoms with Crippen molar-refractivity contribution >= 4 is 15.9 Å². The number of primary amides is 1. The third-order valence-corrected chi connectivity index (χ3v) is 4.68. The van der Waals surface area contributed by atoms with E-state index < -0.39 is 22.0 Å². The number of sulfonamides is 1. The molecule has 0 radical (unpaired) electrons. The van der Waals surface area contributed by atoms with Crippen molar-refractivity contribution in [1.82, 2.24) is 14.1 Å². The number of aromatic nitrogens is 2. The number of nitrogens with two attached hydrogens (primary N) is 1. The SMILES string of the molecule is Cn1cc(S(=O)(=O)N2CCC[C@@H]2C(N)=O)cn1. The highest BCUT2D eigenvalue weighted by Gasteiger charge is 2.38. The average molecular weight is 258 g/mol. The van der Waals surface area contributed by atoms with Crippen LogP contribution in [0, 0.1) is 0 Å². The molecule has 94 valence electrons. The van der Waals surface area contributed by atoms with E-state index in [0.29, 0.717) is 19.4 Å². The molecule has 0 bridgehead atoms. The number of hydrogen-bond donors (Lipinski definition) is 1. The van der Waals surface area contributed by atoms with Gasteiger partial charge in [-0.2, -0.15) is 9.40 Å². The predicted octanol–water partition coefficient (Wildman–Crippen LogP) is -0.941. The monoisotopic (exact) mass is 258 g/mol. The maximum Gasteiger partial charge on any atom is 0.246 e. The van der Waals surface area contributed by atoms with Gasteiger partial charge in [-0.15, -0.1) is 0 Å². The molecule has 8 heteroatoms. The molecule has 1 aromatic heterocycles. The van der Waals surface area contributed by atoms with E-state index in [1.165, 1.54) is 17.1 Å². The first-order valence-corrected chi connectivity index (χ1v) is 6.67. The van der Waals surface area contributed by atoms with Gasteiger partial charge in [-0.1, -0.05) is 0 Å². The molecule has 0 spiro atoms. The van der Waals surface area contributed by atoms with E-state index in [4.69, 9.17) is 5.73 Å². The highest BCUT2D eigenvalue weighted by Crippen LogP contribution is 2.25. The van der Waals surface area contributed by atoms with Crippen LogP contribution in [0.4, 0.5) is 0 Å². The summed E-state index contributed by atoms with van der Waals surface area (Å²) in [7, 11) is -2.03. The predicted molar refractivity (Wildman–Crippen MR) is 59.3 cm³/mol. The third kappa shape index (κ3) is 2.05. The Morgan fingerprint density at radius 2 is 2.29 bits per heavy atom. The molecule has 1 atom stereocenters. The zero-order valence-corrected chi connectivity index (χ0v) is 10.2. The van der Waals surface area contributed by atoms with Gasteiger partial charge in [0.25, 0.3) is 0 Å². The van der Waals surface area contributed by atoms with E-state index in [1.807, 2.05) is 0 Å². The van der Waals surface area contributed by atoms with Crippen molar-refractivity contribution in [2.45, 2.75) is 23.8 Å². The lowest BCUT2D eigenvalue weighted by molar-refractivity contribution is -0.121. The molecule has 0 saturated carbocycles. The van der Waals surface area contributed by atoms with Crippen LogP contribution in [-0.2, 0) is 21.9 Å². The topological polar surface area (TPSA) is 98.3 Å². The van der Waals surface area contributed by atoms with Crippen molar-refractivity contribution in [2.75, 3.05) is 6.54 Å². The Labute approximate surface area is 99.2 Å². The number of rotatable bonds is 3. The van der Waals surface area contributed by atoms with E-state index in [2.05, 4.69) is 5.10 Å².